The van der Waals surface area contributed by atoms with Gasteiger partial charge in [-0.1, -0.05) is 42.9 Å². The highest BCUT2D eigenvalue weighted by Crippen LogP contribution is 2.24. The molecule has 0 heterocycles. The maximum Gasteiger partial charge on any atom is 0.303 e. The lowest BCUT2D eigenvalue weighted by molar-refractivity contribution is -0.137. The average Bonchev–Trinajstić information content (AvgIpc) is 3.38. The van der Waals surface area contributed by atoms with Crippen LogP contribution >= 0.6 is 0 Å². The van der Waals surface area contributed by atoms with Gasteiger partial charge in [0.15, 0.2) is 0 Å². The number of ether oxygens (including phenoxy) is 1. The van der Waals surface area contributed by atoms with Crippen molar-refractivity contribution in [2.45, 2.75) is 77.8 Å². The van der Waals surface area contributed by atoms with Gasteiger partial charge in [-0.25, -0.2) is 0 Å². The molecule has 0 unspecified atom stereocenters. The molecule has 2 aromatic carbocycles. The average molecular weight is 478 g/mol. The summed E-state index contributed by atoms with van der Waals surface area (Å²) in [5, 5.41) is 8.77. The van der Waals surface area contributed by atoms with Crippen molar-refractivity contribution in [1.29, 1.82) is 0 Å². The molecule has 1 amide bonds. The lowest BCUT2D eigenvalue weighted by Gasteiger charge is -2.28. The molecule has 0 atom stereocenters. The first kappa shape index (κ1) is 23.5. The number of benzene rings is 2. The SMILES string of the molecule is [2H]C([2H])(c1ccccc1OCCCCCC(=O)O)N(C(=O)c1ccc(C#CC2CCCC2)cc1)C(C)C. The molecule has 2 aromatic rings. The Morgan fingerprint density at radius 1 is 1.09 bits per heavy atom. The van der Waals surface area contributed by atoms with Crippen LogP contribution in [0.25, 0.3) is 0 Å². The summed E-state index contributed by atoms with van der Waals surface area (Å²) in [5.41, 5.74) is 1.53. The third-order valence-corrected chi connectivity index (χ3v) is 6.06. The van der Waals surface area contributed by atoms with Crippen LogP contribution in [-0.4, -0.2) is 34.5 Å². The van der Waals surface area contributed by atoms with Gasteiger partial charge in [-0.05, 0) is 76.3 Å². The molecule has 0 bridgehead atoms. The number of aliphatic carboxylic acids is 1. The number of unbranched alkanes of at least 4 members (excludes halogenated alkanes) is 2. The summed E-state index contributed by atoms with van der Waals surface area (Å²) < 4.78 is 23.8. The number of carbonyl (C=O) groups excluding carboxylic acids is 1. The fraction of sp³-hybridized carbons (Fsp3) is 0.467. The van der Waals surface area contributed by atoms with Gasteiger partial charge in [0, 0.05) is 41.6 Å². The third kappa shape index (κ3) is 8.47. The maximum atomic E-state index is 13.5. The molecule has 1 aliphatic rings. The first-order chi connectivity index (χ1) is 17.7. The van der Waals surface area contributed by atoms with Crippen molar-refractivity contribution in [2.24, 2.45) is 5.92 Å². The van der Waals surface area contributed by atoms with Gasteiger partial charge in [0.1, 0.15) is 5.75 Å². The van der Waals surface area contributed by atoms with E-state index in [0.717, 1.165) is 18.4 Å². The summed E-state index contributed by atoms with van der Waals surface area (Å²) in [4.78, 5) is 25.5. The Morgan fingerprint density at radius 3 is 2.49 bits per heavy atom. The topological polar surface area (TPSA) is 66.8 Å². The van der Waals surface area contributed by atoms with Gasteiger partial charge < -0.3 is 14.7 Å². The van der Waals surface area contributed by atoms with Crippen LogP contribution in [0.3, 0.4) is 0 Å². The molecule has 35 heavy (non-hydrogen) atoms. The van der Waals surface area contributed by atoms with Gasteiger partial charge in [-0.15, -0.1) is 0 Å². The molecular weight excluding hydrogens is 438 g/mol. The lowest BCUT2D eigenvalue weighted by Crippen LogP contribution is -2.36. The van der Waals surface area contributed by atoms with Gasteiger partial charge in [-0.3, -0.25) is 9.59 Å². The minimum absolute atomic E-state index is 0.124. The van der Waals surface area contributed by atoms with E-state index in [2.05, 4.69) is 11.8 Å². The van der Waals surface area contributed by atoms with Crippen LogP contribution in [0.15, 0.2) is 48.5 Å². The number of carbonyl (C=O) groups is 2. The normalized spacial score (nSPS) is 14.6. The molecule has 0 aromatic heterocycles. The van der Waals surface area contributed by atoms with Crippen molar-refractivity contribution in [2.75, 3.05) is 6.61 Å². The summed E-state index contributed by atoms with van der Waals surface area (Å²) in [6.07, 6.45) is 6.84. The van der Waals surface area contributed by atoms with E-state index in [1.807, 2.05) is 12.1 Å². The molecule has 1 aliphatic carbocycles. The lowest BCUT2D eigenvalue weighted by atomic mass is 10.1. The van der Waals surface area contributed by atoms with Crippen LogP contribution < -0.4 is 4.74 Å². The molecule has 1 saturated carbocycles. The largest absolute Gasteiger partial charge is 0.493 e. The number of amides is 1. The van der Waals surface area contributed by atoms with E-state index in [4.69, 9.17) is 12.6 Å². The Labute approximate surface area is 212 Å². The van der Waals surface area contributed by atoms with Gasteiger partial charge >= 0.3 is 5.97 Å². The minimum Gasteiger partial charge on any atom is -0.493 e. The van der Waals surface area contributed by atoms with Crippen molar-refractivity contribution in [3.8, 4) is 17.6 Å². The molecule has 0 spiro atoms. The molecule has 0 radical (unpaired) electrons. The molecule has 0 saturated heterocycles. The van der Waals surface area contributed by atoms with Gasteiger partial charge in [-0.2, -0.15) is 0 Å². The van der Waals surface area contributed by atoms with E-state index >= 15 is 0 Å². The minimum atomic E-state index is -2.12. The summed E-state index contributed by atoms with van der Waals surface area (Å²) in [6.45, 7) is 1.81. The second kappa shape index (κ2) is 13.6. The van der Waals surface area contributed by atoms with E-state index in [0.29, 0.717) is 43.1 Å². The zero-order chi connectivity index (χ0) is 26.8. The zero-order valence-electron chi connectivity index (χ0n) is 22.8. The van der Waals surface area contributed by atoms with E-state index in [9.17, 15) is 9.59 Å². The van der Waals surface area contributed by atoms with Crippen LogP contribution in [0.2, 0.25) is 0 Å². The van der Waals surface area contributed by atoms with E-state index in [1.54, 1.807) is 50.2 Å². The van der Waals surface area contributed by atoms with E-state index < -0.39 is 24.4 Å². The standard InChI is InChI=1S/C30H37NO4/c1-23(2)31(22-27-12-7-8-13-28(27)35-21-9-3-4-14-29(32)33)30(34)26-19-17-25(18-20-26)16-15-24-10-5-6-11-24/h7-8,12-13,17-20,23-24H,3-6,9-11,14,21-22H2,1-2H3,(H,32,33)/i22D2. The quantitative estimate of drug-likeness (QED) is 0.304. The molecular formula is C30H37NO4. The number of rotatable bonds is 11. The van der Waals surface area contributed by atoms with Crippen LogP contribution in [0.4, 0.5) is 0 Å². The Balaban J connectivity index is 1.74. The van der Waals surface area contributed by atoms with Crippen LogP contribution in [-0.2, 0) is 11.3 Å². The summed E-state index contributed by atoms with van der Waals surface area (Å²) in [7, 11) is 0. The smallest absolute Gasteiger partial charge is 0.303 e. The monoisotopic (exact) mass is 477 g/mol. The van der Waals surface area contributed by atoms with Gasteiger partial charge in [0.05, 0.1) is 9.35 Å². The molecule has 1 fully saturated rings. The highest BCUT2D eigenvalue weighted by atomic mass is 16.5. The van der Waals surface area contributed by atoms with Crippen LogP contribution in [0, 0.1) is 17.8 Å². The molecule has 3 rings (SSSR count). The number of carboxylic acids is 1. The number of para-hydroxylation sites is 1. The van der Waals surface area contributed by atoms with Crippen LogP contribution in [0.1, 0.15) is 89.4 Å². The first-order valence-corrected chi connectivity index (χ1v) is 12.6. The second-order valence-corrected chi connectivity index (χ2v) is 9.26. The van der Waals surface area contributed by atoms with Crippen LogP contribution in [0.5, 0.6) is 5.75 Å². The Bertz CT molecular complexity index is 1110. The Morgan fingerprint density at radius 2 is 1.80 bits per heavy atom. The van der Waals surface area contributed by atoms with E-state index in [-0.39, 0.29) is 12.0 Å². The van der Waals surface area contributed by atoms with Crippen molar-refractivity contribution < 1.29 is 22.2 Å². The molecule has 5 nitrogen and oxygen atoms in total. The number of nitrogens with zero attached hydrogens (tertiary/aromatic N) is 1. The van der Waals surface area contributed by atoms with Gasteiger partial charge in [0.25, 0.3) is 5.91 Å². The fourth-order valence-corrected chi connectivity index (χ4v) is 4.06. The van der Waals surface area contributed by atoms with Gasteiger partial charge in [0.2, 0.25) is 0 Å². The second-order valence-electron chi connectivity index (χ2n) is 9.26. The predicted octanol–water partition coefficient (Wildman–Crippen LogP) is 6.30. The molecule has 186 valence electrons. The number of hydrogen-bond donors (Lipinski definition) is 1. The zero-order valence-corrected chi connectivity index (χ0v) is 20.8. The van der Waals surface area contributed by atoms with Crippen molar-refractivity contribution in [3.63, 3.8) is 0 Å². The summed E-state index contributed by atoms with van der Waals surface area (Å²) in [5.74, 6) is 6.15. The maximum absolute atomic E-state index is 13.5. The molecule has 5 heteroatoms. The predicted molar refractivity (Wildman–Crippen MR) is 138 cm³/mol. The van der Waals surface area contributed by atoms with Crippen molar-refractivity contribution in [1.82, 2.24) is 4.90 Å². The van der Waals surface area contributed by atoms with Crippen molar-refractivity contribution in [3.05, 3.63) is 65.2 Å². The van der Waals surface area contributed by atoms with E-state index in [1.165, 1.54) is 17.7 Å². The Hall–Kier alpha value is -3.26. The first-order valence-electron chi connectivity index (χ1n) is 13.6. The summed E-state index contributed by atoms with van der Waals surface area (Å²) in [6, 6.07) is 13.5. The highest BCUT2D eigenvalue weighted by molar-refractivity contribution is 5.94. The molecule has 0 aliphatic heterocycles. The third-order valence-electron chi connectivity index (χ3n) is 6.06. The van der Waals surface area contributed by atoms with Crippen molar-refractivity contribution >= 4 is 11.9 Å². The molecule has 1 N–H and O–H groups in total. The Kier molecular flexibility index (Phi) is 9.11. The summed E-state index contributed by atoms with van der Waals surface area (Å²) >= 11 is 0. The highest BCUT2D eigenvalue weighted by Gasteiger charge is 2.20. The fourth-order valence-electron chi connectivity index (χ4n) is 4.06. The number of hydrogen-bond acceptors (Lipinski definition) is 3. The number of carboxylic acid groups (broad SMARTS) is 1.